The summed E-state index contributed by atoms with van der Waals surface area (Å²) in [5.74, 6) is 0. The lowest BCUT2D eigenvalue weighted by atomic mass is 10.2. The number of nitrogens with zero attached hydrogens (tertiary/aromatic N) is 2. The maximum absolute atomic E-state index is 12.7. The Hall–Kier alpha value is -2.77. The van der Waals surface area contributed by atoms with Gasteiger partial charge in [0.15, 0.2) is 0 Å². The summed E-state index contributed by atoms with van der Waals surface area (Å²) in [6, 6.07) is 14.5. The third kappa shape index (κ3) is 2.88. The van der Waals surface area contributed by atoms with Gasteiger partial charge in [0.25, 0.3) is 10.0 Å². The molecule has 4 aromatic rings. The maximum atomic E-state index is 12.7. The van der Waals surface area contributed by atoms with E-state index in [2.05, 4.69) is 14.8 Å². The number of rotatable bonds is 4. The quantitative estimate of drug-likeness (QED) is 0.571. The zero-order valence-corrected chi connectivity index (χ0v) is 14.4. The summed E-state index contributed by atoms with van der Waals surface area (Å²) < 4.78 is 29.5. The lowest BCUT2D eigenvalue weighted by Gasteiger charge is -2.07. The van der Waals surface area contributed by atoms with Crippen LogP contribution in [0.3, 0.4) is 0 Å². The van der Waals surface area contributed by atoms with Gasteiger partial charge in [0.2, 0.25) is 0 Å². The van der Waals surface area contributed by atoms with Gasteiger partial charge in [-0.1, -0.05) is 41.9 Å². The number of fused-ring (bicyclic) bond motifs is 1. The molecule has 0 aliphatic carbocycles. The van der Waals surface area contributed by atoms with Gasteiger partial charge in [-0.05, 0) is 18.2 Å². The van der Waals surface area contributed by atoms with E-state index in [9.17, 15) is 8.42 Å². The molecule has 8 heteroatoms. The Morgan fingerprint density at radius 3 is 2.68 bits per heavy atom. The van der Waals surface area contributed by atoms with Gasteiger partial charge in [-0.25, -0.2) is 13.1 Å². The Morgan fingerprint density at radius 1 is 1.08 bits per heavy atom. The number of aromatic nitrogens is 3. The van der Waals surface area contributed by atoms with Gasteiger partial charge in [0.05, 0.1) is 34.3 Å². The lowest BCUT2D eigenvalue weighted by molar-refractivity contribution is 0.601. The van der Waals surface area contributed by atoms with Crippen molar-refractivity contribution < 1.29 is 8.42 Å². The highest BCUT2D eigenvalue weighted by molar-refractivity contribution is 7.92. The number of sulfonamides is 1. The van der Waals surface area contributed by atoms with Crippen LogP contribution in [0.5, 0.6) is 0 Å². The molecular weight excluding hydrogens is 360 g/mol. The fourth-order valence-electron chi connectivity index (χ4n) is 2.58. The number of H-pyrrole nitrogens is 1. The van der Waals surface area contributed by atoms with Crippen LogP contribution in [0.15, 0.2) is 72.0 Å². The lowest BCUT2D eigenvalue weighted by Crippen LogP contribution is -2.12. The zero-order valence-electron chi connectivity index (χ0n) is 12.8. The molecule has 0 aliphatic heterocycles. The molecule has 4 rings (SSSR count). The molecule has 0 saturated carbocycles. The van der Waals surface area contributed by atoms with Crippen LogP contribution in [0, 0.1) is 0 Å². The van der Waals surface area contributed by atoms with Gasteiger partial charge < -0.3 is 4.98 Å². The smallest absolute Gasteiger partial charge is 0.265 e. The van der Waals surface area contributed by atoms with E-state index < -0.39 is 10.0 Å². The molecular formula is C17H13ClN4O2S. The van der Waals surface area contributed by atoms with Crippen molar-refractivity contribution in [2.24, 2.45) is 0 Å². The third-order valence-electron chi connectivity index (χ3n) is 3.80. The molecule has 25 heavy (non-hydrogen) atoms. The second-order valence-corrected chi connectivity index (χ2v) is 7.52. The molecule has 0 aliphatic rings. The Labute approximate surface area is 149 Å². The Morgan fingerprint density at radius 2 is 1.88 bits per heavy atom. The Kier molecular flexibility index (Phi) is 3.74. The first-order valence-electron chi connectivity index (χ1n) is 7.43. The summed E-state index contributed by atoms with van der Waals surface area (Å²) in [6.45, 7) is 0. The predicted molar refractivity (Wildman–Crippen MR) is 97.7 cm³/mol. The van der Waals surface area contributed by atoms with E-state index in [-0.39, 0.29) is 4.90 Å². The molecule has 0 amide bonds. The fourth-order valence-corrected chi connectivity index (χ4v) is 3.79. The number of para-hydroxylation sites is 2. The van der Waals surface area contributed by atoms with Crippen LogP contribution in [0.4, 0.5) is 5.69 Å². The van der Waals surface area contributed by atoms with Crippen LogP contribution in [-0.2, 0) is 10.0 Å². The maximum Gasteiger partial charge on any atom is 0.265 e. The molecule has 0 saturated heterocycles. The normalized spacial score (nSPS) is 11.7. The summed E-state index contributed by atoms with van der Waals surface area (Å²) in [5, 5.41) is 5.42. The topological polar surface area (TPSA) is 79.8 Å². The standard InChI is InChI=1S/C17H13ClN4O2S/c18-15-10-19-17-14(15)7-4-8-16(17)21-25(23,24)13-9-20-22(11-13)12-5-2-1-3-6-12/h1-11,19,21H. The third-order valence-corrected chi connectivity index (χ3v) is 5.43. The van der Waals surface area contributed by atoms with Gasteiger partial charge in [-0.3, -0.25) is 4.72 Å². The molecule has 0 radical (unpaired) electrons. The number of anilines is 1. The highest BCUT2D eigenvalue weighted by Crippen LogP contribution is 2.29. The molecule has 0 unspecified atom stereocenters. The van der Waals surface area contributed by atoms with E-state index in [1.165, 1.54) is 17.1 Å². The zero-order chi connectivity index (χ0) is 17.4. The van der Waals surface area contributed by atoms with E-state index in [0.717, 1.165) is 11.1 Å². The van der Waals surface area contributed by atoms with Gasteiger partial charge >= 0.3 is 0 Å². The second kappa shape index (κ2) is 5.94. The highest BCUT2D eigenvalue weighted by atomic mass is 35.5. The molecule has 2 N–H and O–H groups in total. The SMILES string of the molecule is O=S(=O)(Nc1cccc2c(Cl)c[nH]c12)c1cnn(-c2ccccc2)c1. The first kappa shape index (κ1) is 15.7. The summed E-state index contributed by atoms with van der Waals surface area (Å²) in [4.78, 5) is 3.06. The predicted octanol–water partition coefficient (Wildman–Crippen LogP) is 3.81. The van der Waals surface area contributed by atoms with Crippen molar-refractivity contribution in [2.75, 3.05) is 4.72 Å². The van der Waals surface area contributed by atoms with E-state index >= 15 is 0 Å². The van der Waals surface area contributed by atoms with E-state index in [1.807, 2.05) is 36.4 Å². The van der Waals surface area contributed by atoms with Gasteiger partial charge in [-0.2, -0.15) is 5.10 Å². The minimum atomic E-state index is -3.78. The largest absolute Gasteiger partial charge is 0.358 e. The second-order valence-electron chi connectivity index (χ2n) is 5.43. The first-order chi connectivity index (χ1) is 12.0. The number of benzene rings is 2. The molecule has 2 aromatic carbocycles. The summed E-state index contributed by atoms with van der Waals surface area (Å²) >= 11 is 6.08. The van der Waals surface area contributed by atoms with Crippen molar-refractivity contribution in [2.45, 2.75) is 4.90 Å². The van der Waals surface area contributed by atoms with Crippen molar-refractivity contribution in [3.8, 4) is 5.69 Å². The molecule has 0 spiro atoms. The molecule has 0 bridgehead atoms. The molecule has 2 aromatic heterocycles. The van der Waals surface area contributed by atoms with Crippen LogP contribution in [0.2, 0.25) is 5.02 Å². The molecule has 0 fully saturated rings. The minimum absolute atomic E-state index is 0.0750. The van der Waals surface area contributed by atoms with Crippen LogP contribution in [0.25, 0.3) is 16.6 Å². The van der Waals surface area contributed by atoms with E-state index in [1.54, 1.807) is 18.3 Å². The molecule has 6 nitrogen and oxygen atoms in total. The Balaban J connectivity index is 1.69. The first-order valence-corrected chi connectivity index (χ1v) is 9.29. The Bertz CT molecular complexity index is 1150. The number of aromatic amines is 1. The summed E-state index contributed by atoms with van der Waals surface area (Å²) in [5.41, 5.74) is 1.84. The van der Waals surface area contributed by atoms with Gasteiger partial charge in [0.1, 0.15) is 4.90 Å². The monoisotopic (exact) mass is 372 g/mol. The summed E-state index contributed by atoms with van der Waals surface area (Å²) in [6.07, 6.45) is 4.41. The number of hydrogen-bond donors (Lipinski definition) is 2. The van der Waals surface area contributed by atoms with E-state index in [0.29, 0.717) is 16.2 Å². The number of halogens is 1. The van der Waals surface area contributed by atoms with E-state index in [4.69, 9.17) is 11.6 Å². The number of hydrogen-bond acceptors (Lipinski definition) is 3. The van der Waals surface area contributed by atoms with Crippen LogP contribution in [0.1, 0.15) is 0 Å². The van der Waals surface area contributed by atoms with Crippen LogP contribution < -0.4 is 4.72 Å². The van der Waals surface area contributed by atoms with Crippen LogP contribution in [-0.4, -0.2) is 23.2 Å². The van der Waals surface area contributed by atoms with Crippen molar-refractivity contribution in [1.82, 2.24) is 14.8 Å². The minimum Gasteiger partial charge on any atom is -0.358 e. The van der Waals surface area contributed by atoms with Crippen molar-refractivity contribution in [3.63, 3.8) is 0 Å². The van der Waals surface area contributed by atoms with Gasteiger partial charge in [0, 0.05) is 11.6 Å². The number of nitrogens with one attached hydrogen (secondary N) is 2. The van der Waals surface area contributed by atoms with Crippen molar-refractivity contribution >= 4 is 38.2 Å². The van der Waals surface area contributed by atoms with Crippen LogP contribution >= 0.6 is 11.6 Å². The van der Waals surface area contributed by atoms with Gasteiger partial charge in [-0.15, -0.1) is 0 Å². The molecule has 2 heterocycles. The molecule has 0 atom stereocenters. The average Bonchev–Trinajstić information content (AvgIpc) is 3.24. The fraction of sp³-hybridized carbons (Fsp3) is 0. The average molecular weight is 373 g/mol. The molecule has 126 valence electrons. The van der Waals surface area contributed by atoms with Crippen molar-refractivity contribution in [1.29, 1.82) is 0 Å². The van der Waals surface area contributed by atoms with Crippen molar-refractivity contribution in [3.05, 3.63) is 72.1 Å². The highest BCUT2D eigenvalue weighted by Gasteiger charge is 2.19. The summed E-state index contributed by atoms with van der Waals surface area (Å²) in [7, 11) is -3.78.